The van der Waals surface area contributed by atoms with E-state index in [4.69, 9.17) is 10.1 Å². The summed E-state index contributed by atoms with van der Waals surface area (Å²) >= 11 is 1.49. The molecule has 0 saturated carbocycles. The molecule has 0 aromatic heterocycles. The summed E-state index contributed by atoms with van der Waals surface area (Å²) in [5, 5.41) is 8.45. The van der Waals surface area contributed by atoms with Gasteiger partial charge < -0.3 is 4.74 Å². The first-order valence-corrected chi connectivity index (χ1v) is 6.70. The van der Waals surface area contributed by atoms with Crippen molar-refractivity contribution in [2.75, 3.05) is 17.8 Å². The number of hydrogen-bond donors (Lipinski definition) is 1. The lowest BCUT2D eigenvalue weighted by molar-refractivity contribution is 0.386. The topological polar surface area (TPSA) is 36.3 Å². The summed E-state index contributed by atoms with van der Waals surface area (Å²) in [6, 6.07) is 3.21. The number of nitrogens with zero attached hydrogens (tertiary/aromatic N) is 1. The Morgan fingerprint density at radius 1 is 1.50 bits per heavy atom. The minimum atomic E-state index is -0.349. The molecule has 5 heteroatoms. The lowest BCUT2D eigenvalue weighted by Gasteiger charge is -2.29. The van der Waals surface area contributed by atoms with Crippen LogP contribution in [0.3, 0.4) is 0 Å². The van der Waals surface area contributed by atoms with Gasteiger partial charge in [-0.15, -0.1) is 0 Å². The third kappa shape index (κ3) is 1.54. The van der Waals surface area contributed by atoms with E-state index in [1.54, 1.807) is 6.07 Å². The highest BCUT2D eigenvalue weighted by Gasteiger charge is 2.32. The van der Waals surface area contributed by atoms with Gasteiger partial charge in [-0.2, -0.15) is 0 Å². The van der Waals surface area contributed by atoms with Gasteiger partial charge in [0.2, 0.25) is 0 Å². The highest BCUT2D eigenvalue weighted by Crippen LogP contribution is 2.44. The van der Waals surface area contributed by atoms with Crippen molar-refractivity contribution in [2.24, 2.45) is 0 Å². The van der Waals surface area contributed by atoms with Crippen LogP contribution in [0.5, 0.6) is 5.75 Å². The van der Waals surface area contributed by atoms with E-state index in [2.05, 4.69) is 6.08 Å². The Balaban J connectivity index is 2.20. The quantitative estimate of drug-likeness (QED) is 0.845. The maximum Gasteiger partial charge on any atom is 0.165 e. The molecule has 2 aliphatic rings. The Morgan fingerprint density at radius 2 is 2.28 bits per heavy atom. The van der Waals surface area contributed by atoms with Crippen molar-refractivity contribution in [1.82, 2.24) is 0 Å². The van der Waals surface area contributed by atoms with Crippen LogP contribution >= 0.6 is 11.8 Å². The molecule has 0 spiro atoms. The molecule has 1 unspecified atom stereocenters. The number of amidine groups is 1. The zero-order valence-electron chi connectivity index (χ0n) is 10.2. The molecule has 0 amide bonds. The van der Waals surface area contributed by atoms with Crippen LogP contribution in [-0.2, 0) is 0 Å². The van der Waals surface area contributed by atoms with Crippen molar-refractivity contribution in [2.45, 2.75) is 12.8 Å². The first-order chi connectivity index (χ1) is 8.61. The Hall–Kier alpha value is -1.49. The monoisotopic (exact) mass is 264 g/mol. The van der Waals surface area contributed by atoms with Gasteiger partial charge in [-0.25, -0.2) is 4.39 Å². The lowest BCUT2D eigenvalue weighted by atomic mass is 9.93. The number of hydrogen-bond acceptors (Lipinski definition) is 3. The number of benzene rings is 1. The molecule has 3 rings (SSSR count). The summed E-state index contributed by atoms with van der Waals surface area (Å²) in [7, 11) is 1.46. The van der Waals surface area contributed by atoms with Crippen LogP contribution in [0, 0.1) is 11.2 Å². The first-order valence-electron chi connectivity index (χ1n) is 5.71. The zero-order chi connectivity index (χ0) is 12.9. The second-order valence-corrected chi connectivity index (χ2v) is 5.39. The van der Waals surface area contributed by atoms with E-state index in [0.717, 1.165) is 22.7 Å². The molecule has 94 valence electrons. The minimum absolute atomic E-state index is 0.165. The molecule has 1 N–H and O–H groups in total. The fourth-order valence-corrected chi connectivity index (χ4v) is 3.29. The van der Waals surface area contributed by atoms with Gasteiger partial charge in [0.15, 0.2) is 16.7 Å². The third-order valence-electron chi connectivity index (χ3n) is 3.32. The average molecular weight is 264 g/mol. The molecule has 0 radical (unpaired) electrons. The SMILES string of the molecule is COc1cc2c(cc1F)C(C)C=C1CSC(=N)N12. The van der Waals surface area contributed by atoms with Gasteiger partial charge in [0.1, 0.15) is 0 Å². The molecular formula is C13H13FN2OS. The molecule has 1 aromatic rings. The van der Waals surface area contributed by atoms with Gasteiger partial charge in [0.25, 0.3) is 0 Å². The molecule has 0 bridgehead atoms. The summed E-state index contributed by atoms with van der Waals surface area (Å²) in [5.41, 5.74) is 2.89. The molecule has 1 atom stereocenters. The Bertz CT molecular complexity index is 570. The zero-order valence-corrected chi connectivity index (χ0v) is 11.0. The van der Waals surface area contributed by atoms with Gasteiger partial charge in [0, 0.05) is 23.4 Å². The number of fused-ring (bicyclic) bond motifs is 3. The molecule has 1 fully saturated rings. The van der Waals surface area contributed by atoms with Crippen LogP contribution in [0.25, 0.3) is 0 Å². The smallest absolute Gasteiger partial charge is 0.165 e. The Morgan fingerprint density at radius 3 is 3.00 bits per heavy atom. The lowest BCUT2D eigenvalue weighted by Crippen LogP contribution is -2.26. The highest BCUT2D eigenvalue weighted by atomic mass is 32.2. The van der Waals surface area contributed by atoms with Crippen molar-refractivity contribution in [1.29, 1.82) is 5.41 Å². The summed E-state index contributed by atoms with van der Waals surface area (Å²) in [6.45, 7) is 2.04. The van der Waals surface area contributed by atoms with Gasteiger partial charge >= 0.3 is 0 Å². The second kappa shape index (κ2) is 4.02. The van der Waals surface area contributed by atoms with Crippen LogP contribution < -0.4 is 9.64 Å². The van der Waals surface area contributed by atoms with Crippen LogP contribution in [-0.4, -0.2) is 18.0 Å². The largest absolute Gasteiger partial charge is 0.494 e. The van der Waals surface area contributed by atoms with Gasteiger partial charge in [-0.1, -0.05) is 24.8 Å². The standard InChI is InChI=1S/C13H13FN2OS/c1-7-3-8-6-18-13(15)16(8)11-5-12(17-2)10(14)4-9(7)11/h3-5,7,15H,6H2,1-2H3. The number of anilines is 1. The molecule has 1 saturated heterocycles. The van der Waals surface area contributed by atoms with E-state index in [-0.39, 0.29) is 17.5 Å². The maximum atomic E-state index is 13.8. The number of methoxy groups -OCH3 is 1. The molecule has 2 heterocycles. The average Bonchev–Trinajstić information content (AvgIpc) is 2.71. The minimum Gasteiger partial charge on any atom is -0.494 e. The summed E-state index contributed by atoms with van der Waals surface area (Å²) in [5.74, 6) is 0.853. The van der Waals surface area contributed by atoms with Gasteiger partial charge in [-0.3, -0.25) is 10.3 Å². The fourth-order valence-electron chi connectivity index (χ4n) is 2.44. The van der Waals surface area contributed by atoms with Crippen molar-refractivity contribution in [3.8, 4) is 5.75 Å². The van der Waals surface area contributed by atoms with E-state index in [9.17, 15) is 4.39 Å². The Kier molecular flexibility index (Phi) is 2.59. The summed E-state index contributed by atoms with van der Waals surface area (Å²) in [6.07, 6.45) is 2.10. The van der Waals surface area contributed by atoms with E-state index in [1.807, 2.05) is 11.8 Å². The number of ether oxygens (including phenoxy) is 1. The fraction of sp³-hybridized carbons (Fsp3) is 0.308. The predicted octanol–water partition coefficient (Wildman–Crippen LogP) is 3.32. The summed E-state index contributed by atoms with van der Waals surface area (Å²) in [4.78, 5) is 1.88. The summed E-state index contributed by atoms with van der Waals surface area (Å²) < 4.78 is 18.8. The van der Waals surface area contributed by atoms with E-state index >= 15 is 0 Å². The van der Waals surface area contributed by atoms with Crippen molar-refractivity contribution < 1.29 is 9.13 Å². The van der Waals surface area contributed by atoms with E-state index in [1.165, 1.54) is 24.9 Å². The molecular weight excluding hydrogens is 251 g/mol. The maximum absolute atomic E-state index is 13.8. The van der Waals surface area contributed by atoms with Crippen LogP contribution in [0.1, 0.15) is 18.4 Å². The van der Waals surface area contributed by atoms with Crippen molar-refractivity contribution in [3.63, 3.8) is 0 Å². The number of allylic oxidation sites excluding steroid dienone is 1. The second-order valence-electron chi connectivity index (χ2n) is 4.42. The molecule has 3 nitrogen and oxygen atoms in total. The molecule has 2 aliphatic heterocycles. The molecule has 1 aromatic carbocycles. The third-order valence-corrected chi connectivity index (χ3v) is 4.22. The van der Waals surface area contributed by atoms with Gasteiger partial charge in [0.05, 0.1) is 12.8 Å². The Labute approximate surface area is 109 Å². The predicted molar refractivity (Wildman–Crippen MR) is 72.1 cm³/mol. The van der Waals surface area contributed by atoms with E-state index in [0.29, 0.717) is 5.17 Å². The highest BCUT2D eigenvalue weighted by molar-refractivity contribution is 8.14. The number of rotatable bonds is 1. The van der Waals surface area contributed by atoms with Crippen LogP contribution in [0.15, 0.2) is 23.9 Å². The number of halogens is 1. The van der Waals surface area contributed by atoms with Crippen molar-refractivity contribution in [3.05, 3.63) is 35.3 Å². The number of nitrogens with one attached hydrogen (secondary N) is 1. The molecule has 18 heavy (non-hydrogen) atoms. The number of thioether (sulfide) groups is 1. The van der Waals surface area contributed by atoms with Gasteiger partial charge in [-0.05, 0) is 11.6 Å². The van der Waals surface area contributed by atoms with Crippen LogP contribution in [0.4, 0.5) is 10.1 Å². The van der Waals surface area contributed by atoms with Crippen molar-refractivity contribution >= 4 is 22.6 Å². The normalized spacial score (nSPS) is 21.5. The first kappa shape index (κ1) is 11.6. The van der Waals surface area contributed by atoms with E-state index < -0.39 is 0 Å². The van der Waals surface area contributed by atoms with Crippen LogP contribution in [0.2, 0.25) is 0 Å². The molecule has 0 aliphatic carbocycles.